The van der Waals surface area contributed by atoms with E-state index in [2.05, 4.69) is 15.1 Å². The Morgan fingerprint density at radius 1 is 1.17 bits per heavy atom. The Morgan fingerprint density at radius 3 is 2.67 bits per heavy atom. The van der Waals surface area contributed by atoms with Gasteiger partial charge in [-0.25, -0.2) is 9.97 Å². The quantitative estimate of drug-likeness (QED) is 0.664. The number of nitrogens with zero attached hydrogens (tertiary/aromatic N) is 3. The molecule has 3 rings (SSSR count). The number of hydrogen-bond donors (Lipinski definition) is 0. The summed E-state index contributed by atoms with van der Waals surface area (Å²) < 4.78 is 10.3. The van der Waals surface area contributed by atoms with E-state index in [1.807, 2.05) is 24.3 Å². The summed E-state index contributed by atoms with van der Waals surface area (Å²) in [5.74, 6) is 0.777. The SMILES string of the molecule is COc1ccc(-c2noc3c(Cl)ncnc23)cc1. The molecule has 0 amide bonds. The van der Waals surface area contributed by atoms with Crippen molar-refractivity contribution in [3.8, 4) is 17.0 Å². The topological polar surface area (TPSA) is 61.0 Å². The molecule has 0 unspecified atom stereocenters. The van der Waals surface area contributed by atoms with Gasteiger partial charge in [-0.05, 0) is 24.3 Å². The second-order valence-electron chi connectivity index (χ2n) is 3.60. The summed E-state index contributed by atoms with van der Waals surface area (Å²) in [6, 6.07) is 7.45. The van der Waals surface area contributed by atoms with E-state index in [9.17, 15) is 0 Å². The van der Waals surface area contributed by atoms with Gasteiger partial charge >= 0.3 is 0 Å². The minimum atomic E-state index is 0.257. The van der Waals surface area contributed by atoms with Crippen molar-refractivity contribution < 1.29 is 9.26 Å². The third-order valence-electron chi connectivity index (χ3n) is 2.58. The Balaban J connectivity index is 2.16. The number of halogens is 1. The van der Waals surface area contributed by atoms with Gasteiger partial charge in [-0.1, -0.05) is 16.8 Å². The standard InChI is InChI=1S/C12H8ClN3O2/c1-17-8-4-2-7(3-5-8)9-10-11(18-16-9)12(13)15-6-14-10/h2-6H,1H3. The summed E-state index contributed by atoms with van der Waals surface area (Å²) in [5.41, 5.74) is 2.51. The summed E-state index contributed by atoms with van der Waals surface area (Å²) in [4.78, 5) is 7.98. The Bertz CT molecular complexity index is 694. The van der Waals surface area contributed by atoms with E-state index in [0.717, 1.165) is 11.3 Å². The largest absolute Gasteiger partial charge is 0.497 e. The molecule has 3 aromatic rings. The van der Waals surface area contributed by atoms with Crippen LogP contribution >= 0.6 is 11.6 Å². The van der Waals surface area contributed by atoms with Gasteiger partial charge in [0.15, 0.2) is 5.15 Å². The molecule has 0 spiro atoms. The lowest BCUT2D eigenvalue weighted by molar-refractivity contribution is 0.415. The maximum Gasteiger partial charge on any atom is 0.223 e. The van der Waals surface area contributed by atoms with Crippen molar-refractivity contribution in [1.29, 1.82) is 0 Å². The van der Waals surface area contributed by atoms with Gasteiger partial charge in [0.05, 0.1) is 7.11 Å². The fourth-order valence-electron chi connectivity index (χ4n) is 1.67. The van der Waals surface area contributed by atoms with Crippen LogP contribution in [-0.2, 0) is 0 Å². The van der Waals surface area contributed by atoms with Crippen molar-refractivity contribution in [2.24, 2.45) is 0 Å². The first-order chi connectivity index (χ1) is 8.79. The number of methoxy groups -OCH3 is 1. The van der Waals surface area contributed by atoms with Gasteiger partial charge in [-0.3, -0.25) is 0 Å². The minimum absolute atomic E-state index is 0.257. The Labute approximate surface area is 107 Å². The van der Waals surface area contributed by atoms with E-state index in [0.29, 0.717) is 16.8 Å². The van der Waals surface area contributed by atoms with Gasteiger partial charge < -0.3 is 9.26 Å². The number of ether oxygens (including phenoxy) is 1. The summed E-state index contributed by atoms with van der Waals surface area (Å²) >= 11 is 5.90. The van der Waals surface area contributed by atoms with E-state index >= 15 is 0 Å². The molecule has 2 aromatic heterocycles. The number of aromatic nitrogens is 3. The molecule has 0 aliphatic carbocycles. The van der Waals surface area contributed by atoms with Gasteiger partial charge in [0, 0.05) is 5.56 Å². The minimum Gasteiger partial charge on any atom is -0.497 e. The molecular formula is C12H8ClN3O2. The van der Waals surface area contributed by atoms with E-state index < -0.39 is 0 Å². The Kier molecular flexibility index (Phi) is 2.60. The van der Waals surface area contributed by atoms with E-state index in [1.54, 1.807) is 7.11 Å². The second kappa shape index (κ2) is 4.27. The Morgan fingerprint density at radius 2 is 1.94 bits per heavy atom. The van der Waals surface area contributed by atoms with Crippen LogP contribution in [0.3, 0.4) is 0 Å². The van der Waals surface area contributed by atoms with E-state index in [4.69, 9.17) is 20.9 Å². The van der Waals surface area contributed by atoms with E-state index in [1.165, 1.54) is 6.33 Å². The van der Waals surface area contributed by atoms with Crippen LogP contribution in [-0.4, -0.2) is 22.2 Å². The average molecular weight is 262 g/mol. The lowest BCUT2D eigenvalue weighted by atomic mass is 10.1. The van der Waals surface area contributed by atoms with Crippen molar-refractivity contribution in [3.05, 3.63) is 35.7 Å². The summed E-state index contributed by atoms with van der Waals surface area (Å²) in [6.07, 6.45) is 1.38. The highest BCUT2D eigenvalue weighted by Crippen LogP contribution is 2.29. The van der Waals surface area contributed by atoms with E-state index in [-0.39, 0.29) is 5.15 Å². The van der Waals surface area contributed by atoms with Crippen molar-refractivity contribution >= 4 is 22.7 Å². The number of hydrogen-bond acceptors (Lipinski definition) is 5. The average Bonchev–Trinajstić information content (AvgIpc) is 2.84. The van der Waals surface area contributed by atoms with Crippen LogP contribution in [0.4, 0.5) is 0 Å². The molecule has 0 saturated carbocycles. The highest BCUT2D eigenvalue weighted by molar-refractivity contribution is 6.33. The van der Waals surface area contributed by atoms with Crippen molar-refractivity contribution in [3.63, 3.8) is 0 Å². The molecule has 1 aromatic carbocycles. The lowest BCUT2D eigenvalue weighted by Gasteiger charge is -2.00. The molecule has 0 N–H and O–H groups in total. The summed E-state index contributed by atoms with van der Waals surface area (Å²) in [7, 11) is 1.62. The molecule has 0 aliphatic rings. The molecule has 0 saturated heterocycles. The van der Waals surface area contributed by atoms with Gasteiger partial charge in [-0.15, -0.1) is 0 Å². The van der Waals surface area contributed by atoms with Gasteiger partial charge in [0.1, 0.15) is 23.3 Å². The van der Waals surface area contributed by atoms with Crippen molar-refractivity contribution in [2.75, 3.05) is 7.11 Å². The zero-order valence-corrected chi connectivity index (χ0v) is 10.2. The van der Waals surface area contributed by atoms with Gasteiger partial charge in [-0.2, -0.15) is 0 Å². The molecule has 0 aliphatic heterocycles. The molecule has 90 valence electrons. The highest BCUT2D eigenvalue weighted by Gasteiger charge is 2.14. The van der Waals surface area contributed by atoms with Crippen LogP contribution in [0.1, 0.15) is 0 Å². The predicted octanol–water partition coefficient (Wildman–Crippen LogP) is 2.95. The number of rotatable bonds is 2. The molecular weight excluding hydrogens is 254 g/mol. The van der Waals surface area contributed by atoms with Crippen LogP contribution in [0.5, 0.6) is 5.75 Å². The Hall–Kier alpha value is -2.14. The molecule has 5 nitrogen and oxygen atoms in total. The zero-order valence-electron chi connectivity index (χ0n) is 9.42. The van der Waals surface area contributed by atoms with Crippen LogP contribution in [0.25, 0.3) is 22.4 Å². The summed E-state index contributed by atoms with van der Waals surface area (Å²) in [5, 5.41) is 4.24. The molecule has 6 heteroatoms. The fourth-order valence-corrected chi connectivity index (χ4v) is 1.84. The van der Waals surface area contributed by atoms with Crippen molar-refractivity contribution in [1.82, 2.24) is 15.1 Å². The smallest absolute Gasteiger partial charge is 0.223 e. The molecule has 18 heavy (non-hydrogen) atoms. The first-order valence-electron chi connectivity index (χ1n) is 5.20. The maximum absolute atomic E-state index is 5.90. The van der Waals surface area contributed by atoms with Crippen LogP contribution in [0.15, 0.2) is 35.1 Å². The van der Waals surface area contributed by atoms with Crippen LogP contribution in [0, 0.1) is 0 Å². The zero-order chi connectivity index (χ0) is 12.5. The number of benzene rings is 1. The fraction of sp³-hybridized carbons (Fsp3) is 0.0833. The molecule has 2 heterocycles. The van der Waals surface area contributed by atoms with Gasteiger partial charge in [0.25, 0.3) is 0 Å². The first kappa shape index (κ1) is 11.0. The third kappa shape index (κ3) is 1.69. The lowest BCUT2D eigenvalue weighted by Crippen LogP contribution is -1.85. The molecule has 0 bridgehead atoms. The monoisotopic (exact) mass is 261 g/mol. The maximum atomic E-state index is 5.90. The second-order valence-corrected chi connectivity index (χ2v) is 3.96. The predicted molar refractivity (Wildman–Crippen MR) is 66.6 cm³/mol. The number of fused-ring (bicyclic) bond motifs is 1. The first-order valence-corrected chi connectivity index (χ1v) is 5.57. The molecule has 0 atom stereocenters. The van der Waals surface area contributed by atoms with Crippen molar-refractivity contribution in [2.45, 2.75) is 0 Å². The highest BCUT2D eigenvalue weighted by atomic mass is 35.5. The van der Waals surface area contributed by atoms with Crippen LogP contribution in [0.2, 0.25) is 5.15 Å². The normalized spacial score (nSPS) is 10.8. The van der Waals surface area contributed by atoms with Gasteiger partial charge in [0.2, 0.25) is 5.58 Å². The third-order valence-corrected chi connectivity index (χ3v) is 2.85. The summed E-state index contributed by atoms with van der Waals surface area (Å²) in [6.45, 7) is 0. The molecule has 0 radical (unpaired) electrons. The van der Waals surface area contributed by atoms with Crippen LogP contribution < -0.4 is 4.74 Å². The molecule has 0 fully saturated rings.